The summed E-state index contributed by atoms with van der Waals surface area (Å²) in [6.07, 6.45) is 2.10. The first-order valence-electron chi connectivity index (χ1n) is 5.22. The van der Waals surface area contributed by atoms with E-state index >= 15 is 0 Å². The average Bonchev–Trinajstić information content (AvgIpc) is 2.28. The van der Waals surface area contributed by atoms with E-state index in [1.807, 2.05) is 13.0 Å². The number of hydrogen-bond acceptors (Lipinski definition) is 2. The number of aromatic nitrogens is 1. The van der Waals surface area contributed by atoms with Gasteiger partial charge in [0.05, 0.1) is 6.04 Å². The Morgan fingerprint density at radius 3 is 3.12 bits per heavy atom. The molecule has 0 fully saturated rings. The summed E-state index contributed by atoms with van der Waals surface area (Å²) < 4.78 is 0. The van der Waals surface area contributed by atoms with Crippen molar-refractivity contribution in [2.45, 2.75) is 19.4 Å². The van der Waals surface area contributed by atoms with Gasteiger partial charge in [0.25, 0.3) is 0 Å². The van der Waals surface area contributed by atoms with E-state index in [0.717, 1.165) is 17.7 Å². The first-order valence-corrected chi connectivity index (χ1v) is 5.59. The predicted octanol–water partition coefficient (Wildman–Crippen LogP) is 2.37. The van der Waals surface area contributed by atoms with E-state index in [-0.39, 0.29) is 11.9 Å². The highest BCUT2D eigenvalue weighted by molar-refractivity contribution is 6.29. The zero-order chi connectivity index (χ0) is 11.7. The monoisotopic (exact) mass is 236 g/mol. The molecule has 2 heterocycles. The van der Waals surface area contributed by atoms with Crippen LogP contribution in [0.5, 0.6) is 0 Å². The SMILES string of the molecule is C=CC(=O)N1CCc2nc(Cl)ccc2C1C. The fraction of sp³-hybridized carbons (Fsp3) is 0.333. The molecule has 0 aliphatic carbocycles. The molecule has 0 aromatic carbocycles. The molecule has 0 saturated carbocycles. The van der Waals surface area contributed by atoms with Crippen molar-refractivity contribution in [1.29, 1.82) is 0 Å². The quantitative estimate of drug-likeness (QED) is 0.554. The number of hydrogen-bond donors (Lipinski definition) is 0. The third-order valence-electron chi connectivity index (χ3n) is 2.94. The average molecular weight is 237 g/mol. The molecule has 1 aromatic rings. The summed E-state index contributed by atoms with van der Waals surface area (Å²) in [6.45, 7) is 6.18. The Bertz CT molecular complexity index is 445. The lowest BCUT2D eigenvalue weighted by Gasteiger charge is -2.33. The third-order valence-corrected chi connectivity index (χ3v) is 3.15. The van der Waals surface area contributed by atoms with Crippen molar-refractivity contribution in [1.82, 2.24) is 9.88 Å². The first-order chi connectivity index (χ1) is 7.63. The summed E-state index contributed by atoms with van der Waals surface area (Å²) in [5.74, 6) is -0.0342. The molecule has 0 spiro atoms. The Morgan fingerprint density at radius 2 is 2.44 bits per heavy atom. The van der Waals surface area contributed by atoms with Crippen molar-refractivity contribution in [2.24, 2.45) is 0 Å². The van der Waals surface area contributed by atoms with Gasteiger partial charge in [0, 0.05) is 18.7 Å². The molecular weight excluding hydrogens is 224 g/mol. The molecule has 1 amide bonds. The van der Waals surface area contributed by atoms with Gasteiger partial charge >= 0.3 is 0 Å². The molecule has 0 N–H and O–H groups in total. The number of amides is 1. The number of rotatable bonds is 1. The third kappa shape index (κ3) is 1.83. The van der Waals surface area contributed by atoms with Crippen LogP contribution in [-0.2, 0) is 11.2 Å². The van der Waals surface area contributed by atoms with Crippen molar-refractivity contribution in [3.05, 3.63) is 41.2 Å². The van der Waals surface area contributed by atoms with Crippen molar-refractivity contribution in [2.75, 3.05) is 6.54 Å². The molecule has 0 saturated heterocycles. The molecule has 3 nitrogen and oxygen atoms in total. The maximum Gasteiger partial charge on any atom is 0.246 e. The summed E-state index contributed by atoms with van der Waals surface area (Å²) in [5, 5.41) is 0.509. The van der Waals surface area contributed by atoms with Crippen LogP contribution in [0.25, 0.3) is 0 Å². The molecule has 84 valence electrons. The van der Waals surface area contributed by atoms with E-state index in [1.54, 1.807) is 11.0 Å². The minimum Gasteiger partial charge on any atom is -0.332 e. The molecule has 1 atom stereocenters. The second-order valence-electron chi connectivity index (χ2n) is 3.83. The molecule has 0 bridgehead atoms. The van der Waals surface area contributed by atoms with E-state index in [2.05, 4.69) is 11.6 Å². The first kappa shape index (κ1) is 11.1. The van der Waals surface area contributed by atoms with Gasteiger partial charge in [-0.2, -0.15) is 0 Å². The summed E-state index contributed by atoms with van der Waals surface area (Å²) in [4.78, 5) is 17.7. The molecule has 2 rings (SSSR count). The van der Waals surface area contributed by atoms with Crippen molar-refractivity contribution in [3.8, 4) is 0 Å². The normalized spacial score (nSPS) is 19.1. The standard InChI is InChI=1S/C12H13ClN2O/c1-3-12(16)15-7-6-10-9(8(15)2)4-5-11(13)14-10/h3-5,8H,1,6-7H2,2H3. The van der Waals surface area contributed by atoms with Crippen LogP contribution >= 0.6 is 11.6 Å². The number of carbonyl (C=O) groups excluding carboxylic acids is 1. The predicted molar refractivity (Wildman–Crippen MR) is 63.3 cm³/mol. The van der Waals surface area contributed by atoms with Crippen molar-refractivity contribution >= 4 is 17.5 Å². The van der Waals surface area contributed by atoms with Gasteiger partial charge in [-0.15, -0.1) is 0 Å². The number of fused-ring (bicyclic) bond motifs is 1. The van der Waals surface area contributed by atoms with Crippen molar-refractivity contribution < 1.29 is 4.79 Å². The van der Waals surface area contributed by atoms with Gasteiger partial charge in [0.2, 0.25) is 5.91 Å². The second kappa shape index (κ2) is 4.26. The zero-order valence-electron chi connectivity index (χ0n) is 9.11. The molecule has 1 aliphatic rings. The lowest BCUT2D eigenvalue weighted by molar-refractivity contribution is -0.128. The highest BCUT2D eigenvalue weighted by Crippen LogP contribution is 2.29. The van der Waals surface area contributed by atoms with Crippen molar-refractivity contribution in [3.63, 3.8) is 0 Å². The maximum atomic E-state index is 11.6. The highest BCUT2D eigenvalue weighted by Gasteiger charge is 2.26. The summed E-state index contributed by atoms with van der Waals surface area (Å²) in [5.41, 5.74) is 2.07. The van der Waals surface area contributed by atoms with Crippen LogP contribution < -0.4 is 0 Å². The summed E-state index contributed by atoms with van der Waals surface area (Å²) >= 11 is 5.84. The highest BCUT2D eigenvalue weighted by atomic mass is 35.5. The second-order valence-corrected chi connectivity index (χ2v) is 4.22. The van der Waals surface area contributed by atoms with Crippen LogP contribution in [0, 0.1) is 0 Å². The minimum absolute atomic E-state index is 0.0342. The lowest BCUT2D eigenvalue weighted by atomic mass is 9.98. The number of pyridine rings is 1. The van der Waals surface area contributed by atoms with Gasteiger partial charge in [-0.05, 0) is 24.6 Å². The largest absolute Gasteiger partial charge is 0.332 e. The molecular formula is C12H13ClN2O. The molecule has 1 aliphatic heterocycles. The van der Waals surface area contributed by atoms with E-state index in [4.69, 9.17) is 11.6 Å². The number of nitrogens with zero attached hydrogens (tertiary/aromatic N) is 2. The van der Waals surface area contributed by atoms with Gasteiger partial charge in [-0.1, -0.05) is 24.2 Å². The molecule has 0 radical (unpaired) electrons. The van der Waals surface area contributed by atoms with Gasteiger partial charge in [0.15, 0.2) is 0 Å². The lowest BCUT2D eigenvalue weighted by Crippen LogP contribution is -2.38. The summed E-state index contributed by atoms with van der Waals surface area (Å²) in [6, 6.07) is 3.75. The van der Waals surface area contributed by atoms with Crippen LogP contribution in [0.2, 0.25) is 5.15 Å². The molecule has 16 heavy (non-hydrogen) atoms. The van der Waals surface area contributed by atoms with Crippen LogP contribution in [-0.4, -0.2) is 22.3 Å². The van der Waals surface area contributed by atoms with E-state index in [1.165, 1.54) is 6.08 Å². The maximum absolute atomic E-state index is 11.6. The van der Waals surface area contributed by atoms with E-state index in [9.17, 15) is 4.79 Å². The Balaban J connectivity index is 2.35. The van der Waals surface area contributed by atoms with Crippen LogP contribution in [0.1, 0.15) is 24.2 Å². The van der Waals surface area contributed by atoms with Crippen LogP contribution in [0.3, 0.4) is 0 Å². The van der Waals surface area contributed by atoms with Gasteiger partial charge in [-0.3, -0.25) is 4.79 Å². The Kier molecular flexibility index (Phi) is 2.97. The zero-order valence-corrected chi connectivity index (χ0v) is 9.87. The van der Waals surface area contributed by atoms with Gasteiger partial charge < -0.3 is 4.90 Å². The summed E-state index contributed by atoms with van der Waals surface area (Å²) in [7, 11) is 0. The minimum atomic E-state index is -0.0342. The van der Waals surface area contributed by atoms with Crippen LogP contribution in [0.4, 0.5) is 0 Å². The molecule has 1 unspecified atom stereocenters. The van der Waals surface area contributed by atoms with E-state index < -0.39 is 0 Å². The molecule has 4 heteroatoms. The van der Waals surface area contributed by atoms with Gasteiger partial charge in [0.1, 0.15) is 5.15 Å². The smallest absolute Gasteiger partial charge is 0.246 e. The molecule has 1 aromatic heterocycles. The fourth-order valence-electron chi connectivity index (χ4n) is 2.07. The Labute approximate surface area is 99.7 Å². The topological polar surface area (TPSA) is 33.2 Å². The Morgan fingerprint density at radius 1 is 1.69 bits per heavy atom. The number of halogens is 1. The van der Waals surface area contributed by atoms with Gasteiger partial charge in [-0.25, -0.2) is 4.98 Å². The Hall–Kier alpha value is -1.35. The van der Waals surface area contributed by atoms with E-state index in [0.29, 0.717) is 11.7 Å². The van der Waals surface area contributed by atoms with Crippen LogP contribution in [0.15, 0.2) is 24.8 Å². The fourth-order valence-corrected chi connectivity index (χ4v) is 2.24. The number of carbonyl (C=O) groups is 1.